The average molecular weight is 466 g/mol. The van der Waals surface area contributed by atoms with Crippen LogP contribution < -0.4 is 19.5 Å². The summed E-state index contributed by atoms with van der Waals surface area (Å²) in [5.74, 6) is 0.945. The van der Waals surface area contributed by atoms with Crippen molar-refractivity contribution in [2.24, 2.45) is 0 Å². The van der Waals surface area contributed by atoms with Gasteiger partial charge in [-0.2, -0.15) is 13.2 Å². The van der Waals surface area contributed by atoms with Gasteiger partial charge in [0, 0.05) is 16.8 Å². The molecule has 0 fully saturated rings. The molecule has 0 saturated carbocycles. The summed E-state index contributed by atoms with van der Waals surface area (Å²) in [5, 5.41) is 2.01. The van der Waals surface area contributed by atoms with Gasteiger partial charge in [-0.3, -0.25) is 4.79 Å². The van der Waals surface area contributed by atoms with Gasteiger partial charge in [-0.25, -0.2) is 0 Å². The Bertz CT molecular complexity index is 1120. The first-order chi connectivity index (χ1) is 15.2. The normalized spacial score (nSPS) is 11.1. The molecule has 5 nitrogen and oxygen atoms in total. The van der Waals surface area contributed by atoms with Crippen LogP contribution in [0.25, 0.3) is 0 Å². The van der Waals surface area contributed by atoms with Gasteiger partial charge in [0.2, 0.25) is 0 Å². The summed E-state index contributed by atoms with van der Waals surface area (Å²) in [6, 6.07) is 14.9. The van der Waals surface area contributed by atoms with Crippen molar-refractivity contribution < 1.29 is 32.2 Å². The van der Waals surface area contributed by atoms with Crippen LogP contribution in [0.4, 0.5) is 18.9 Å². The van der Waals surface area contributed by atoms with Crippen LogP contribution in [0.5, 0.6) is 17.2 Å². The fourth-order valence-electron chi connectivity index (χ4n) is 2.95. The van der Waals surface area contributed by atoms with Crippen molar-refractivity contribution in [3.8, 4) is 17.2 Å². The third-order valence-electron chi connectivity index (χ3n) is 4.52. The summed E-state index contributed by atoms with van der Waals surface area (Å²) in [6.45, 7) is 0.0732. The minimum absolute atomic E-state index is 0.0330. The molecule has 0 aliphatic rings. The van der Waals surface area contributed by atoms with Crippen LogP contribution in [0.3, 0.4) is 0 Å². The SMILES string of the molecule is COc1ccc(C(=O)Nc2ccc(Cl)c(C(F)(F)F)c2)cc1COc1ccccc1OC. The minimum Gasteiger partial charge on any atom is -0.496 e. The van der Waals surface area contributed by atoms with Crippen molar-refractivity contribution in [3.63, 3.8) is 0 Å². The second-order valence-electron chi connectivity index (χ2n) is 6.61. The molecule has 3 aromatic carbocycles. The van der Waals surface area contributed by atoms with Gasteiger partial charge in [-0.05, 0) is 48.5 Å². The number of hydrogen-bond donors (Lipinski definition) is 1. The number of halogens is 4. The monoisotopic (exact) mass is 465 g/mol. The highest BCUT2D eigenvalue weighted by Crippen LogP contribution is 2.36. The Labute approximate surface area is 187 Å². The number of amides is 1. The van der Waals surface area contributed by atoms with E-state index in [1.54, 1.807) is 36.4 Å². The number of benzene rings is 3. The lowest BCUT2D eigenvalue weighted by Gasteiger charge is -2.14. The van der Waals surface area contributed by atoms with E-state index in [2.05, 4.69) is 5.32 Å². The zero-order chi connectivity index (χ0) is 23.3. The molecule has 3 aromatic rings. The summed E-state index contributed by atoms with van der Waals surface area (Å²) in [5.41, 5.74) is -0.280. The van der Waals surface area contributed by atoms with E-state index in [-0.39, 0.29) is 17.9 Å². The number of anilines is 1. The Morgan fingerprint density at radius 1 is 0.938 bits per heavy atom. The molecule has 9 heteroatoms. The van der Waals surface area contributed by atoms with Crippen molar-refractivity contribution in [2.75, 3.05) is 19.5 Å². The molecule has 3 rings (SSSR count). The number of alkyl halides is 3. The fourth-order valence-corrected chi connectivity index (χ4v) is 3.17. The summed E-state index contributed by atoms with van der Waals surface area (Å²) in [6.07, 6.45) is -4.64. The molecule has 0 aromatic heterocycles. The maximum atomic E-state index is 13.1. The number of carbonyl (C=O) groups is 1. The van der Waals surface area contributed by atoms with E-state index in [0.717, 1.165) is 12.1 Å². The van der Waals surface area contributed by atoms with Gasteiger partial charge in [0.05, 0.1) is 24.8 Å². The number of nitrogens with one attached hydrogen (secondary N) is 1. The van der Waals surface area contributed by atoms with Gasteiger partial charge in [-0.15, -0.1) is 0 Å². The third-order valence-corrected chi connectivity index (χ3v) is 4.85. The number of rotatable bonds is 7. The molecule has 0 radical (unpaired) electrons. The summed E-state index contributed by atoms with van der Waals surface area (Å²) in [7, 11) is 3.00. The van der Waals surface area contributed by atoms with Crippen molar-refractivity contribution in [1.82, 2.24) is 0 Å². The number of carbonyl (C=O) groups excluding carboxylic acids is 1. The van der Waals surface area contributed by atoms with Gasteiger partial charge < -0.3 is 19.5 Å². The fraction of sp³-hybridized carbons (Fsp3) is 0.174. The molecule has 0 heterocycles. The first-order valence-corrected chi connectivity index (χ1v) is 9.71. The molecule has 0 aliphatic carbocycles. The lowest BCUT2D eigenvalue weighted by Crippen LogP contribution is -2.14. The second kappa shape index (κ2) is 9.82. The van der Waals surface area contributed by atoms with Crippen molar-refractivity contribution >= 4 is 23.2 Å². The Kier molecular flexibility index (Phi) is 7.15. The number of hydrogen-bond acceptors (Lipinski definition) is 4. The van der Waals surface area contributed by atoms with Gasteiger partial charge >= 0.3 is 6.18 Å². The highest BCUT2D eigenvalue weighted by Gasteiger charge is 2.33. The summed E-state index contributed by atoms with van der Waals surface area (Å²) in [4.78, 5) is 12.7. The van der Waals surface area contributed by atoms with Crippen LogP contribution in [0.1, 0.15) is 21.5 Å². The predicted molar refractivity (Wildman–Crippen MR) is 115 cm³/mol. The smallest absolute Gasteiger partial charge is 0.417 e. The maximum absolute atomic E-state index is 13.1. The van der Waals surface area contributed by atoms with Crippen LogP contribution >= 0.6 is 11.6 Å². The van der Waals surface area contributed by atoms with E-state index in [4.69, 9.17) is 25.8 Å². The van der Waals surface area contributed by atoms with Gasteiger partial charge in [0.25, 0.3) is 5.91 Å². The topological polar surface area (TPSA) is 56.8 Å². The zero-order valence-corrected chi connectivity index (χ0v) is 17.9. The Morgan fingerprint density at radius 3 is 2.28 bits per heavy atom. The number of ether oxygens (including phenoxy) is 3. The lowest BCUT2D eigenvalue weighted by atomic mass is 10.1. The molecular weight excluding hydrogens is 447 g/mol. The van der Waals surface area contributed by atoms with Crippen LogP contribution in [-0.2, 0) is 12.8 Å². The van der Waals surface area contributed by atoms with Gasteiger partial charge in [0.15, 0.2) is 11.5 Å². The molecule has 0 atom stereocenters. The minimum atomic E-state index is -4.64. The van der Waals surface area contributed by atoms with Crippen molar-refractivity contribution in [1.29, 1.82) is 0 Å². The van der Waals surface area contributed by atoms with E-state index in [0.29, 0.717) is 22.8 Å². The van der Waals surface area contributed by atoms with E-state index in [1.165, 1.54) is 26.4 Å². The molecule has 0 bridgehead atoms. The second-order valence-corrected chi connectivity index (χ2v) is 7.02. The van der Waals surface area contributed by atoms with Crippen molar-refractivity contribution in [3.05, 3.63) is 82.4 Å². The van der Waals surface area contributed by atoms with Crippen LogP contribution in [-0.4, -0.2) is 20.1 Å². The largest absolute Gasteiger partial charge is 0.496 e. The molecule has 168 valence electrons. The van der Waals surface area contributed by atoms with Crippen LogP contribution in [0.15, 0.2) is 60.7 Å². The third kappa shape index (κ3) is 5.45. The van der Waals surface area contributed by atoms with Crippen LogP contribution in [0, 0.1) is 0 Å². The highest BCUT2D eigenvalue weighted by atomic mass is 35.5. The summed E-state index contributed by atoms with van der Waals surface area (Å²) < 4.78 is 55.6. The average Bonchev–Trinajstić information content (AvgIpc) is 2.78. The number of methoxy groups -OCH3 is 2. The Hall–Kier alpha value is -3.39. The van der Waals surface area contributed by atoms with Gasteiger partial charge in [0.1, 0.15) is 12.4 Å². The van der Waals surface area contributed by atoms with Crippen molar-refractivity contribution in [2.45, 2.75) is 12.8 Å². The van der Waals surface area contributed by atoms with Crippen LogP contribution in [0.2, 0.25) is 5.02 Å². The zero-order valence-electron chi connectivity index (χ0n) is 17.1. The molecule has 0 saturated heterocycles. The molecule has 0 spiro atoms. The van der Waals surface area contributed by atoms with Gasteiger partial charge in [-0.1, -0.05) is 23.7 Å². The molecular formula is C23H19ClF3NO4. The molecule has 0 unspecified atom stereocenters. The first-order valence-electron chi connectivity index (χ1n) is 9.33. The molecule has 32 heavy (non-hydrogen) atoms. The quantitative estimate of drug-likeness (QED) is 0.451. The van der Waals surface area contributed by atoms with E-state index in [1.807, 2.05) is 0 Å². The molecule has 1 amide bonds. The molecule has 1 N–H and O–H groups in total. The predicted octanol–water partition coefficient (Wildman–Crippen LogP) is 6.21. The lowest BCUT2D eigenvalue weighted by molar-refractivity contribution is -0.137. The van der Waals surface area contributed by atoms with E-state index >= 15 is 0 Å². The summed E-state index contributed by atoms with van der Waals surface area (Å²) >= 11 is 5.63. The first kappa shape index (κ1) is 23.3. The highest BCUT2D eigenvalue weighted by molar-refractivity contribution is 6.31. The van der Waals surface area contributed by atoms with E-state index in [9.17, 15) is 18.0 Å². The molecule has 0 aliphatic heterocycles. The number of para-hydroxylation sites is 2. The Balaban J connectivity index is 1.81. The maximum Gasteiger partial charge on any atom is 0.417 e. The van der Waals surface area contributed by atoms with E-state index < -0.39 is 22.7 Å². The Morgan fingerprint density at radius 2 is 1.62 bits per heavy atom. The standard InChI is InChI=1S/C23H19ClF3NO4/c1-30-19-10-7-14(11-15(19)13-32-21-6-4-3-5-20(21)31-2)22(29)28-16-8-9-18(24)17(12-16)23(25,26)27/h3-12H,13H2,1-2H3,(H,28,29).